The first-order valence-electron chi connectivity index (χ1n) is 7.49. The Morgan fingerprint density at radius 3 is 2.84 bits per heavy atom. The zero-order valence-electron chi connectivity index (χ0n) is 12.7. The number of rotatable bonds is 4. The van der Waals surface area contributed by atoms with Gasteiger partial charge in [-0.1, -0.05) is 27.7 Å². The van der Waals surface area contributed by atoms with Crippen molar-refractivity contribution >= 4 is 5.69 Å². The first-order valence-corrected chi connectivity index (χ1v) is 7.49. The molecule has 0 radical (unpaired) electrons. The van der Waals surface area contributed by atoms with Gasteiger partial charge in [-0.05, 0) is 30.4 Å². The fourth-order valence-electron chi connectivity index (χ4n) is 2.56. The number of anilines is 1. The van der Waals surface area contributed by atoms with E-state index in [1.807, 2.05) is 6.20 Å². The van der Waals surface area contributed by atoms with Crippen LogP contribution in [0, 0.1) is 11.8 Å². The molecule has 106 valence electrons. The summed E-state index contributed by atoms with van der Waals surface area (Å²) in [5.74, 6) is 1.62. The van der Waals surface area contributed by atoms with Crippen molar-refractivity contribution in [3.63, 3.8) is 0 Å². The van der Waals surface area contributed by atoms with Gasteiger partial charge in [-0.3, -0.25) is 4.98 Å². The molecule has 3 nitrogen and oxygen atoms in total. The van der Waals surface area contributed by atoms with Crippen LogP contribution in [0.15, 0.2) is 18.3 Å². The Kier molecular flexibility index (Phi) is 4.81. The molecule has 19 heavy (non-hydrogen) atoms. The molecule has 2 heterocycles. The molecule has 0 bridgehead atoms. The smallest absolute Gasteiger partial charge is 0.0562 e. The number of hydrogen-bond donors (Lipinski definition) is 1. The molecule has 0 aliphatic carbocycles. The van der Waals surface area contributed by atoms with Crippen molar-refractivity contribution in [2.45, 2.75) is 46.7 Å². The highest BCUT2D eigenvalue weighted by Crippen LogP contribution is 2.26. The van der Waals surface area contributed by atoms with E-state index >= 15 is 0 Å². The predicted molar refractivity (Wildman–Crippen MR) is 81.4 cm³/mol. The van der Waals surface area contributed by atoms with Crippen LogP contribution < -0.4 is 10.2 Å². The minimum absolute atomic E-state index is 0.501. The van der Waals surface area contributed by atoms with Crippen molar-refractivity contribution in [3.05, 3.63) is 24.0 Å². The Labute approximate surface area is 117 Å². The van der Waals surface area contributed by atoms with Crippen LogP contribution in [-0.2, 0) is 6.54 Å². The second kappa shape index (κ2) is 6.38. The fraction of sp³-hybridized carbons (Fsp3) is 0.688. The van der Waals surface area contributed by atoms with Crippen LogP contribution in [0.25, 0.3) is 0 Å². The first kappa shape index (κ1) is 14.3. The molecule has 2 atom stereocenters. The first-order chi connectivity index (χ1) is 9.06. The minimum atomic E-state index is 0.501. The third-order valence-corrected chi connectivity index (χ3v) is 4.19. The Bertz CT molecular complexity index is 403. The quantitative estimate of drug-likeness (QED) is 0.903. The maximum atomic E-state index is 4.45. The molecule has 0 saturated carbocycles. The van der Waals surface area contributed by atoms with Crippen LogP contribution in [0.2, 0.25) is 0 Å². The van der Waals surface area contributed by atoms with Crippen LogP contribution >= 0.6 is 0 Å². The number of piperidine rings is 1. The van der Waals surface area contributed by atoms with Gasteiger partial charge in [-0.25, -0.2) is 0 Å². The Balaban J connectivity index is 2.02. The molecule has 0 aromatic carbocycles. The lowest BCUT2D eigenvalue weighted by Crippen LogP contribution is -2.38. The predicted octanol–water partition coefficient (Wildman–Crippen LogP) is 3.06. The molecule has 1 N–H and O–H groups in total. The zero-order chi connectivity index (χ0) is 13.8. The topological polar surface area (TPSA) is 28.2 Å². The molecule has 1 aliphatic rings. The Morgan fingerprint density at radius 1 is 1.37 bits per heavy atom. The molecule has 0 spiro atoms. The molecular formula is C16H27N3. The molecule has 1 fully saturated rings. The average molecular weight is 261 g/mol. The summed E-state index contributed by atoms with van der Waals surface area (Å²) < 4.78 is 0. The van der Waals surface area contributed by atoms with E-state index in [0.717, 1.165) is 24.1 Å². The fourth-order valence-corrected chi connectivity index (χ4v) is 2.56. The summed E-state index contributed by atoms with van der Waals surface area (Å²) in [5.41, 5.74) is 2.46. The van der Waals surface area contributed by atoms with Gasteiger partial charge in [0, 0.05) is 37.6 Å². The van der Waals surface area contributed by atoms with Crippen LogP contribution in [0.5, 0.6) is 0 Å². The lowest BCUT2D eigenvalue weighted by molar-refractivity contribution is 0.324. The van der Waals surface area contributed by atoms with E-state index < -0.39 is 0 Å². The van der Waals surface area contributed by atoms with E-state index in [1.54, 1.807) is 0 Å². The van der Waals surface area contributed by atoms with E-state index in [2.05, 4.69) is 55.0 Å². The lowest BCUT2D eigenvalue weighted by Gasteiger charge is -2.36. The standard InChI is InChI=1S/C16H27N3/c1-12(2)18-10-15-9-16(5-7-17-15)19-8-6-13(3)14(4)11-19/h5,7,9,12-14,18H,6,8,10-11H2,1-4H3. The van der Waals surface area contributed by atoms with Gasteiger partial charge in [0.1, 0.15) is 0 Å². The van der Waals surface area contributed by atoms with Gasteiger partial charge >= 0.3 is 0 Å². The molecule has 3 heteroatoms. The number of hydrogen-bond acceptors (Lipinski definition) is 3. The van der Waals surface area contributed by atoms with Crippen LogP contribution in [0.4, 0.5) is 5.69 Å². The second-order valence-corrected chi connectivity index (χ2v) is 6.23. The third-order valence-electron chi connectivity index (χ3n) is 4.19. The van der Waals surface area contributed by atoms with E-state index in [9.17, 15) is 0 Å². The van der Waals surface area contributed by atoms with E-state index in [1.165, 1.54) is 25.2 Å². The maximum absolute atomic E-state index is 4.45. The SMILES string of the molecule is CC(C)NCc1cc(N2CCC(C)C(C)C2)ccn1. The molecule has 1 aliphatic heterocycles. The largest absolute Gasteiger partial charge is 0.371 e. The van der Waals surface area contributed by atoms with Gasteiger partial charge in [0.05, 0.1) is 5.69 Å². The molecule has 1 aromatic heterocycles. The van der Waals surface area contributed by atoms with E-state index in [4.69, 9.17) is 0 Å². The van der Waals surface area contributed by atoms with E-state index in [0.29, 0.717) is 6.04 Å². The summed E-state index contributed by atoms with van der Waals surface area (Å²) >= 11 is 0. The normalized spacial score (nSPS) is 23.9. The highest BCUT2D eigenvalue weighted by molar-refractivity contribution is 5.47. The van der Waals surface area contributed by atoms with Crippen molar-refractivity contribution < 1.29 is 0 Å². The van der Waals surface area contributed by atoms with Gasteiger partial charge in [0.25, 0.3) is 0 Å². The maximum Gasteiger partial charge on any atom is 0.0562 e. The van der Waals surface area contributed by atoms with Gasteiger partial charge in [0.2, 0.25) is 0 Å². The molecule has 2 unspecified atom stereocenters. The third kappa shape index (κ3) is 3.93. The number of nitrogens with zero attached hydrogens (tertiary/aromatic N) is 2. The minimum Gasteiger partial charge on any atom is -0.371 e. The summed E-state index contributed by atoms with van der Waals surface area (Å²) in [6, 6.07) is 4.88. The van der Waals surface area contributed by atoms with Gasteiger partial charge in [0.15, 0.2) is 0 Å². The highest BCUT2D eigenvalue weighted by atomic mass is 15.1. The summed E-state index contributed by atoms with van der Waals surface area (Å²) in [6.45, 7) is 12.3. The van der Waals surface area contributed by atoms with Crippen molar-refractivity contribution in [2.24, 2.45) is 11.8 Å². The van der Waals surface area contributed by atoms with Crippen molar-refractivity contribution in [1.29, 1.82) is 0 Å². The highest BCUT2D eigenvalue weighted by Gasteiger charge is 2.22. The Morgan fingerprint density at radius 2 is 2.16 bits per heavy atom. The monoisotopic (exact) mass is 261 g/mol. The van der Waals surface area contributed by atoms with Crippen molar-refractivity contribution in [2.75, 3.05) is 18.0 Å². The van der Waals surface area contributed by atoms with Gasteiger partial charge < -0.3 is 10.2 Å². The Hall–Kier alpha value is -1.09. The molecule has 0 amide bonds. The molecule has 1 saturated heterocycles. The second-order valence-electron chi connectivity index (χ2n) is 6.23. The number of nitrogens with one attached hydrogen (secondary N) is 1. The number of pyridine rings is 1. The molecular weight excluding hydrogens is 234 g/mol. The summed E-state index contributed by atoms with van der Waals surface area (Å²) in [6.07, 6.45) is 3.23. The molecule has 1 aromatic rings. The van der Waals surface area contributed by atoms with Crippen molar-refractivity contribution in [3.8, 4) is 0 Å². The van der Waals surface area contributed by atoms with Crippen LogP contribution in [0.3, 0.4) is 0 Å². The van der Waals surface area contributed by atoms with Crippen molar-refractivity contribution in [1.82, 2.24) is 10.3 Å². The number of aromatic nitrogens is 1. The van der Waals surface area contributed by atoms with Gasteiger partial charge in [-0.15, -0.1) is 0 Å². The summed E-state index contributed by atoms with van der Waals surface area (Å²) in [5, 5.41) is 3.43. The van der Waals surface area contributed by atoms with Crippen LogP contribution in [0.1, 0.15) is 39.8 Å². The van der Waals surface area contributed by atoms with Crippen LogP contribution in [-0.4, -0.2) is 24.1 Å². The molecule has 2 rings (SSSR count). The lowest BCUT2D eigenvalue weighted by atomic mass is 9.88. The van der Waals surface area contributed by atoms with E-state index in [-0.39, 0.29) is 0 Å². The van der Waals surface area contributed by atoms with Gasteiger partial charge in [-0.2, -0.15) is 0 Å². The zero-order valence-corrected chi connectivity index (χ0v) is 12.7. The summed E-state index contributed by atoms with van der Waals surface area (Å²) in [4.78, 5) is 6.96. The summed E-state index contributed by atoms with van der Waals surface area (Å²) in [7, 11) is 0. The average Bonchev–Trinajstić information content (AvgIpc) is 2.40.